The number of halogens is 1. The van der Waals surface area contributed by atoms with Gasteiger partial charge in [0, 0.05) is 34.7 Å². The van der Waals surface area contributed by atoms with E-state index in [0.717, 1.165) is 42.1 Å². The second-order valence-corrected chi connectivity index (χ2v) is 6.34. The molecule has 6 heteroatoms. The van der Waals surface area contributed by atoms with Crippen LogP contribution >= 0.6 is 0 Å². The van der Waals surface area contributed by atoms with E-state index in [0.29, 0.717) is 11.6 Å². The average Bonchev–Trinajstić information content (AvgIpc) is 3.02. The van der Waals surface area contributed by atoms with Crippen molar-refractivity contribution in [1.29, 1.82) is 0 Å². The molecule has 0 spiro atoms. The van der Waals surface area contributed by atoms with Crippen LogP contribution in [0.5, 0.6) is 0 Å². The third kappa shape index (κ3) is 2.73. The van der Waals surface area contributed by atoms with Gasteiger partial charge in [-0.05, 0) is 18.9 Å². The molecule has 0 bridgehead atoms. The van der Waals surface area contributed by atoms with Crippen LogP contribution in [-0.2, 0) is 0 Å². The van der Waals surface area contributed by atoms with Crippen molar-refractivity contribution >= 4 is 16.9 Å². The Morgan fingerprint density at radius 2 is 2.04 bits per heavy atom. The monoisotopic (exact) mass is 325 g/mol. The molecule has 24 heavy (non-hydrogen) atoms. The summed E-state index contributed by atoms with van der Waals surface area (Å²) in [5, 5.41) is 4.22. The molecule has 2 heterocycles. The number of H-pyrrole nitrogens is 1. The van der Waals surface area contributed by atoms with E-state index in [-0.39, 0.29) is 12.1 Å². The minimum atomic E-state index is -0.432. The van der Waals surface area contributed by atoms with Gasteiger partial charge in [0.25, 0.3) is 0 Å². The number of nitrogens with two attached hydrogens (primary N) is 1. The summed E-state index contributed by atoms with van der Waals surface area (Å²) in [7, 11) is 0. The van der Waals surface area contributed by atoms with E-state index in [9.17, 15) is 4.39 Å². The third-order valence-corrected chi connectivity index (χ3v) is 4.72. The summed E-state index contributed by atoms with van der Waals surface area (Å²) in [6.07, 6.45) is 7.29. The fraction of sp³-hybridized carbons (Fsp3) is 0.333. The first-order valence-corrected chi connectivity index (χ1v) is 8.33. The molecule has 0 saturated heterocycles. The number of rotatable bonds is 3. The van der Waals surface area contributed by atoms with Crippen molar-refractivity contribution in [3.63, 3.8) is 0 Å². The fourth-order valence-corrected chi connectivity index (χ4v) is 3.40. The molecule has 1 fully saturated rings. The molecule has 1 saturated carbocycles. The maximum atomic E-state index is 14.3. The molecule has 5 nitrogen and oxygen atoms in total. The van der Waals surface area contributed by atoms with Crippen molar-refractivity contribution < 1.29 is 4.39 Å². The second-order valence-electron chi connectivity index (χ2n) is 6.34. The van der Waals surface area contributed by atoms with E-state index < -0.39 is 5.82 Å². The van der Waals surface area contributed by atoms with E-state index in [1.807, 2.05) is 24.3 Å². The number of nitrogens with zero attached hydrogens (tertiary/aromatic N) is 2. The minimum absolute atomic E-state index is 0.0870. The maximum absolute atomic E-state index is 14.3. The molecule has 0 radical (unpaired) electrons. The van der Waals surface area contributed by atoms with Crippen LogP contribution in [0.15, 0.2) is 36.7 Å². The van der Waals surface area contributed by atoms with Gasteiger partial charge in [0.15, 0.2) is 5.82 Å². The Hall–Kier alpha value is -2.47. The van der Waals surface area contributed by atoms with Crippen molar-refractivity contribution in [2.24, 2.45) is 5.73 Å². The first-order valence-electron chi connectivity index (χ1n) is 8.33. The molecule has 0 amide bonds. The zero-order valence-electron chi connectivity index (χ0n) is 13.3. The first-order chi connectivity index (χ1) is 11.7. The van der Waals surface area contributed by atoms with E-state index in [4.69, 9.17) is 5.73 Å². The van der Waals surface area contributed by atoms with Gasteiger partial charge >= 0.3 is 0 Å². The Balaban J connectivity index is 1.69. The highest BCUT2D eigenvalue weighted by molar-refractivity contribution is 5.94. The van der Waals surface area contributed by atoms with Crippen molar-refractivity contribution in [2.75, 3.05) is 5.32 Å². The molecule has 3 aromatic rings. The van der Waals surface area contributed by atoms with Crippen LogP contribution in [0.2, 0.25) is 0 Å². The Bertz CT molecular complexity index is 859. The van der Waals surface area contributed by atoms with Crippen molar-refractivity contribution in [3.05, 3.63) is 42.5 Å². The van der Waals surface area contributed by atoms with Crippen molar-refractivity contribution in [3.8, 4) is 11.3 Å². The molecule has 0 aliphatic heterocycles. The normalized spacial score (nSPS) is 21.1. The van der Waals surface area contributed by atoms with Gasteiger partial charge in [-0.3, -0.25) is 0 Å². The molecule has 1 aliphatic carbocycles. The lowest BCUT2D eigenvalue weighted by atomic mass is 9.91. The molecule has 1 aliphatic rings. The number of nitrogens with one attached hydrogen (secondary N) is 2. The quantitative estimate of drug-likeness (QED) is 0.689. The average molecular weight is 325 g/mol. The summed E-state index contributed by atoms with van der Waals surface area (Å²) in [5.74, 6) is -0.00252. The summed E-state index contributed by atoms with van der Waals surface area (Å²) in [6.45, 7) is 0. The number of para-hydroxylation sites is 1. The predicted octanol–water partition coefficient (Wildman–Crippen LogP) is 3.45. The Morgan fingerprint density at radius 1 is 1.21 bits per heavy atom. The van der Waals surface area contributed by atoms with Gasteiger partial charge in [0.2, 0.25) is 5.95 Å². The van der Waals surface area contributed by atoms with E-state index >= 15 is 0 Å². The van der Waals surface area contributed by atoms with E-state index in [2.05, 4.69) is 20.3 Å². The number of anilines is 1. The topological polar surface area (TPSA) is 79.6 Å². The number of aromatic nitrogens is 3. The van der Waals surface area contributed by atoms with Crippen LogP contribution in [0, 0.1) is 5.82 Å². The molecule has 4 N–H and O–H groups in total. The molecule has 2 aromatic heterocycles. The van der Waals surface area contributed by atoms with E-state index in [1.165, 1.54) is 6.20 Å². The highest BCUT2D eigenvalue weighted by Gasteiger charge is 2.23. The van der Waals surface area contributed by atoms with Gasteiger partial charge in [-0.25, -0.2) is 14.4 Å². The molecular formula is C18H20FN5. The maximum Gasteiger partial charge on any atom is 0.223 e. The molecule has 2 atom stereocenters. The van der Waals surface area contributed by atoms with Crippen molar-refractivity contribution in [2.45, 2.75) is 37.8 Å². The highest BCUT2D eigenvalue weighted by atomic mass is 19.1. The third-order valence-electron chi connectivity index (χ3n) is 4.72. The van der Waals surface area contributed by atoms with Crippen LogP contribution in [0.25, 0.3) is 22.2 Å². The number of hydrogen-bond donors (Lipinski definition) is 3. The van der Waals surface area contributed by atoms with Gasteiger partial charge in [-0.15, -0.1) is 0 Å². The van der Waals surface area contributed by atoms with Crippen LogP contribution in [0.4, 0.5) is 10.3 Å². The molecule has 1 unspecified atom stereocenters. The highest BCUT2D eigenvalue weighted by Crippen LogP contribution is 2.29. The van der Waals surface area contributed by atoms with Gasteiger partial charge < -0.3 is 16.0 Å². The smallest absolute Gasteiger partial charge is 0.223 e. The lowest BCUT2D eigenvalue weighted by Crippen LogP contribution is -2.43. The number of benzene rings is 1. The summed E-state index contributed by atoms with van der Waals surface area (Å²) < 4.78 is 14.3. The SMILES string of the molecule is NC1CCCC[C@H]1Nc1ncc(F)c(-c2c[nH]c3ccccc23)n1. The lowest BCUT2D eigenvalue weighted by molar-refractivity contribution is 0.402. The van der Waals surface area contributed by atoms with Gasteiger partial charge in [0.05, 0.1) is 6.20 Å². The summed E-state index contributed by atoms with van der Waals surface area (Å²) in [6, 6.07) is 8.00. The summed E-state index contributed by atoms with van der Waals surface area (Å²) in [4.78, 5) is 11.7. The minimum Gasteiger partial charge on any atom is -0.360 e. The lowest BCUT2D eigenvalue weighted by Gasteiger charge is -2.29. The van der Waals surface area contributed by atoms with E-state index in [1.54, 1.807) is 6.20 Å². The summed E-state index contributed by atoms with van der Waals surface area (Å²) >= 11 is 0. The Morgan fingerprint density at radius 3 is 2.92 bits per heavy atom. The van der Waals surface area contributed by atoms with Crippen LogP contribution in [0.1, 0.15) is 25.7 Å². The molecule has 4 rings (SSSR count). The van der Waals surface area contributed by atoms with Gasteiger partial charge in [-0.1, -0.05) is 31.0 Å². The molecule has 124 valence electrons. The molecular weight excluding hydrogens is 305 g/mol. The fourth-order valence-electron chi connectivity index (χ4n) is 3.40. The van der Waals surface area contributed by atoms with Crippen molar-refractivity contribution in [1.82, 2.24) is 15.0 Å². The Labute approximate surface area is 139 Å². The van der Waals surface area contributed by atoms with Gasteiger partial charge in [-0.2, -0.15) is 0 Å². The summed E-state index contributed by atoms with van der Waals surface area (Å²) in [5.41, 5.74) is 8.16. The van der Waals surface area contributed by atoms with Crippen LogP contribution in [0.3, 0.4) is 0 Å². The zero-order chi connectivity index (χ0) is 16.5. The van der Waals surface area contributed by atoms with Crippen LogP contribution in [-0.4, -0.2) is 27.0 Å². The predicted molar refractivity (Wildman–Crippen MR) is 93.1 cm³/mol. The zero-order valence-corrected chi connectivity index (χ0v) is 13.3. The standard InChI is InChI=1S/C18H20FN5/c19-13-10-22-18(23-16-8-4-2-6-14(16)20)24-17(13)12-9-21-15-7-3-1-5-11(12)15/h1,3,5,7,9-10,14,16,21H,2,4,6,8,20H2,(H,22,23,24)/t14?,16-/m1/s1. The number of hydrogen-bond acceptors (Lipinski definition) is 4. The van der Waals surface area contributed by atoms with Gasteiger partial charge in [0.1, 0.15) is 5.69 Å². The Kier molecular flexibility index (Phi) is 3.90. The van der Waals surface area contributed by atoms with Crippen LogP contribution < -0.4 is 11.1 Å². The first kappa shape index (κ1) is 15.1. The number of aromatic amines is 1. The number of fused-ring (bicyclic) bond motifs is 1. The second kappa shape index (κ2) is 6.20. The molecule has 1 aromatic carbocycles. The largest absolute Gasteiger partial charge is 0.360 e.